The number of hydrogen-bond donors (Lipinski definition) is 2. The van der Waals surface area contributed by atoms with E-state index < -0.39 is 34.5 Å². The van der Waals surface area contributed by atoms with Crippen LogP contribution in [0.4, 0.5) is 4.79 Å². The molecule has 3 amide bonds. The van der Waals surface area contributed by atoms with Crippen molar-refractivity contribution in [2.45, 2.75) is 4.90 Å². The van der Waals surface area contributed by atoms with Crippen molar-refractivity contribution in [3.05, 3.63) is 29.8 Å². The van der Waals surface area contributed by atoms with Gasteiger partial charge in [0.1, 0.15) is 0 Å². The number of nitrogens with zero attached hydrogens (tertiary/aromatic N) is 1. The molecule has 0 aromatic heterocycles. The molecule has 0 atom stereocenters. The van der Waals surface area contributed by atoms with E-state index in [2.05, 4.69) is 5.32 Å². The first-order valence-electron chi connectivity index (χ1n) is 8.76. The molecule has 0 spiro atoms. The van der Waals surface area contributed by atoms with Crippen LogP contribution >= 0.6 is 0 Å². The molecule has 1 aliphatic heterocycles. The number of amides is 3. The van der Waals surface area contributed by atoms with Crippen molar-refractivity contribution < 1.29 is 37.0 Å². The summed E-state index contributed by atoms with van der Waals surface area (Å²) in [6, 6.07) is 4.59. The van der Waals surface area contributed by atoms with Crippen LogP contribution in [0.15, 0.2) is 29.2 Å². The van der Waals surface area contributed by atoms with E-state index in [0.29, 0.717) is 13.2 Å². The van der Waals surface area contributed by atoms with Crippen LogP contribution in [-0.2, 0) is 29.0 Å². The lowest BCUT2D eigenvalue weighted by molar-refractivity contribution is -0.123. The van der Waals surface area contributed by atoms with Gasteiger partial charge in [0.15, 0.2) is 6.61 Å². The van der Waals surface area contributed by atoms with E-state index in [4.69, 9.17) is 14.2 Å². The highest BCUT2D eigenvalue weighted by molar-refractivity contribution is 7.89. The lowest BCUT2D eigenvalue weighted by Gasteiger charge is -2.26. The fourth-order valence-electron chi connectivity index (χ4n) is 2.41. The van der Waals surface area contributed by atoms with Crippen LogP contribution in [0.5, 0.6) is 0 Å². The zero-order valence-electron chi connectivity index (χ0n) is 15.9. The largest absolute Gasteiger partial charge is 0.452 e. The van der Waals surface area contributed by atoms with Crippen molar-refractivity contribution >= 4 is 27.9 Å². The van der Waals surface area contributed by atoms with Crippen LogP contribution in [0.25, 0.3) is 0 Å². The Morgan fingerprint density at radius 2 is 1.93 bits per heavy atom. The minimum absolute atomic E-state index is 0.0309. The molecule has 0 radical (unpaired) electrons. The van der Waals surface area contributed by atoms with Gasteiger partial charge in [0, 0.05) is 26.7 Å². The van der Waals surface area contributed by atoms with Gasteiger partial charge >= 0.3 is 12.0 Å². The molecule has 1 heterocycles. The SMILES string of the molecule is COCCNC(=O)NC(=O)COC(=O)c1cccc(S(=O)(=O)N2CCOCC2)c1. The van der Waals surface area contributed by atoms with Crippen molar-refractivity contribution in [3.8, 4) is 0 Å². The van der Waals surface area contributed by atoms with E-state index in [0.717, 1.165) is 0 Å². The summed E-state index contributed by atoms with van der Waals surface area (Å²) in [5, 5.41) is 4.36. The molecule has 1 aliphatic rings. The summed E-state index contributed by atoms with van der Waals surface area (Å²) < 4.78 is 41.3. The molecule has 2 rings (SSSR count). The second-order valence-corrected chi connectivity index (χ2v) is 7.86. The summed E-state index contributed by atoms with van der Waals surface area (Å²) >= 11 is 0. The first-order valence-corrected chi connectivity index (χ1v) is 10.2. The zero-order valence-corrected chi connectivity index (χ0v) is 16.7. The number of esters is 1. The molecule has 1 fully saturated rings. The molecule has 29 heavy (non-hydrogen) atoms. The summed E-state index contributed by atoms with van der Waals surface area (Å²) in [4.78, 5) is 35.2. The number of methoxy groups -OCH3 is 1. The number of hydrogen-bond acceptors (Lipinski definition) is 8. The molecule has 160 valence electrons. The summed E-state index contributed by atoms with van der Waals surface area (Å²) in [5.41, 5.74) is -0.0309. The van der Waals surface area contributed by atoms with Gasteiger partial charge in [-0.25, -0.2) is 18.0 Å². The van der Waals surface area contributed by atoms with Crippen LogP contribution < -0.4 is 10.6 Å². The molecule has 1 aromatic carbocycles. The number of imide groups is 1. The first kappa shape index (κ1) is 22.7. The van der Waals surface area contributed by atoms with Gasteiger partial charge in [-0.15, -0.1) is 0 Å². The Bertz CT molecular complexity index is 837. The summed E-state index contributed by atoms with van der Waals surface area (Å²) in [6.07, 6.45) is 0. The highest BCUT2D eigenvalue weighted by Crippen LogP contribution is 2.18. The molecular weight excluding hydrogens is 406 g/mol. The predicted octanol–water partition coefficient (Wildman–Crippen LogP) is -0.663. The summed E-state index contributed by atoms with van der Waals surface area (Å²) in [6.45, 7) is 0.842. The molecule has 2 N–H and O–H groups in total. The van der Waals surface area contributed by atoms with Gasteiger partial charge in [0.2, 0.25) is 10.0 Å². The Morgan fingerprint density at radius 3 is 2.62 bits per heavy atom. The molecule has 0 saturated carbocycles. The van der Waals surface area contributed by atoms with E-state index >= 15 is 0 Å². The Morgan fingerprint density at radius 1 is 1.21 bits per heavy atom. The second-order valence-electron chi connectivity index (χ2n) is 5.92. The maximum atomic E-state index is 12.7. The summed E-state index contributed by atoms with van der Waals surface area (Å²) in [7, 11) is -2.31. The van der Waals surface area contributed by atoms with Crippen LogP contribution in [0, 0.1) is 0 Å². The number of benzene rings is 1. The monoisotopic (exact) mass is 429 g/mol. The van der Waals surface area contributed by atoms with Crippen LogP contribution in [0.2, 0.25) is 0 Å². The molecule has 0 bridgehead atoms. The average Bonchev–Trinajstić information content (AvgIpc) is 2.73. The van der Waals surface area contributed by atoms with E-state index in [1.54, 1.807) is 0 Å². The minimum atomic E-state index is -3.77. The van der Waals surface area contributed by atoms with E-state index in [-0.39, 0.29) is 36.7 Å². The van der Waals surface area contributed by atoms with Crippen molar-refractivity contribution in [1.29, 1.82) is 0 Å². The van der Waals surface area contributed by atoms with Gasteiger partial charge in [-0.2, -0.15) is 4.31 Å². The molecule has 0 aliphatic carbocycles. The van der Waals surface area contributed by atoms with E-state index in [1.807, 2.05) is 5.32 Å². The third kappa shape index (κ3) is 6.78. The number of sulfonamides is 1. The van der Waals surface area contributed by atoms with E-state index in [1.165, 1.54) is 35.7 Å². The van der Waals surface area contributed by atoms with Crippen molar-refractivity contribution in [1.82, 2.24) is 14.9 Å². The van der Waals surface area contributed by atoms with Crippen molar-refractivity contribution in [2.75, 3.05) is 53.2 Å². The standard InChI is InChI=1S/C17H23N3O8S/c1-26-8-5-18-17(23)19-15(21)12-28-16(22)13-3-2-4-14(11-13)29(24,25)20-6-9-27-10-7-20/h2-4,11H,5-10,12H2,1H3,(H2,18,19,21,23). The molecular formula is C17H23N3O8S. The van der Waals surface area contributed by atoms with Crippen molar-refractivity contribution in [2.24, 2.45) is 0 Å². The summed E-state index contributed by atoms with van der Waals surface area (Å²) in [5.74, 6) is -1.72. The third-order valence-corrected chi connectivity index (χ3v) is 5.75. The van der Waals surface area contributed by atoms with Crippen molar-refractivity contribution in [3.63, 3.8) is 0 Å². The van der Waals surface area contributed by atoms with Gasteiger partial charge in [-0.1, -0.05) is 6.07 Å². The smallest absolute Gasteiger partial charge is 0.338 e. The molecule has 1 aromatic rings. The number of nitrogens with one attached hydrogen (secondary N) is 2. The van der Waals surface area contributed by atoms with Gasteiger partial charge < -0.3 is 19.5 Å². The second kappa shape index (κ2) is 10.9. The Labute approximate surface area is 168 Å². The minimum Gasteiger partial charge on any atom is -0.452 e. The molecule has 12 heteroatoms. The zero-order chi connectivity index (χ0) is 21.3. The Hall–Kier alpha value is -2.54. The van der Waals surface area contributed by atoms with Gasteiger partial charge in [0.05, 0.1) is 30.3 Å². The molecule has 0 unspecified atom stereocenters. The fourth-order valence-corrected chi connectivity index (χ4v) is 3.86. The lowest BCUT2D eigenvalue weighted by atomic mass is 10.2. The number of rotatable bonds is 8. The van der Waals surface area contributed by atoms with Gasteiger partial charge in [-0.3, -0.25) is 10.1 Å². The van der Waals surface area contributed by atoms with Gasteiger partial charge in [0.25, 0.3) is 5.91 Å². The highest BCUT2D eigenvalue weighted by Gasteiger charge is 2.27. The van der Waals surface area contributed by atoms with Crippen LogP contribution in [-0.4, -0.2) is 83.8 Å². The Balaban J connectivity index is 1.92. The maximum Gasteiger partial charge on any atom is 0.338 e. The maximum absolute atomic E-state index is 12.7. The average molecular weight is 429 g/mol. The van der Waals surface area contributed by atoms with Gasteiger partial charge in [-0.05, 0) is 18.2 Å². The highest BCUT2D eigenvalue weighted by atomic mass is 32.2. The molecule has 1 saturated heterocycles. The number of carbonyl (C=O) groups excluding carboxylic acids is 3. The normalized spacial score (nSPS) is 14.8. The van der Waals surface area contributed by atoms with Crippen LogP contribution in [0.1, 0.15) is 10.4 Å². The van der Waals surface area contributed by atoms with Crippen LogP contribution in [0.3, 0.4) is 0 Å². The predicted molar refractivity (Wildman–Crippen MR) is 99.7 cm³/mol. The quantitative estimate of drug-likeness (QED) is 0.410. The number of carbonyl (C=O) groups is 3. The third-order valence-electron chi connectivity index (χ3n) is 3.86. The first-order chi connectivity index (χ1) is 13.8. The molecule has 11 nitrogen and oxygen atoms in total. The fraction of sp³-hybridized carbons (Fsp3) is 0.471. The Kier molecular flexibility index (Phi) is 8.51. The number of urea groups is 1. The van der Waals surface area contributed by atoms with E-state index in [9.17, 15) is 22.8 Å². The number of ether oxygens (including phenoxy) is 3. The number of morpholine rings is 1. The lowest BCUT2D eigenvalue weighted by Crippen LogP contribution is -2.42. The topological polar surface area (TPSA) is 140 Å².